The Labute approximate surface area is 115 Å². The Morgan fingerprint density at radius 2 is 2.00 bits per heavy atom. The first-order valence-corrected chi connectivity index (χ1v) is 6.67. The van der Waals surface area contributed by atoms with Gasteiger partial charge in [-0.1, -0.05) is 24.3 Å². The van der Waals surface area contributed by atoms with Crippen LogP contribution in [0.4, 0.5) is 5.69 Å². The third-order valence-electron chi connectivity index (χ3n) is 2.37. The molecule has 5 heteroatoms. The fourth-order valence-corrected chi connectivity index (χ4v) is 2.26. The monoisotopic (exact) mass is 276 g/mol. The largest absolute Gasteiger partial charge is 0.332 e. The summed E-state index contributed by atoms with van der Waals surface area (Å²) in [4.78, 5) is 12.4. The van der Waals surface area contributed by atoms with E-state index in [-0.39, 0.29) is 5.91 Å². The quantitative estimate of drug-likeness (QED) is 0.828. The number of para-hydroxylation sites is 1. The maximum Gasteiger partial charge on any atom is 0.267 e. The molecule has 0 saturated heterocycles. The molecule has 1 aromatic carbocycles. The van der Waals surface area contributed by atoms with Crippen LogP contribution in [-0.2, 0) is 0 Å². The fourth-order valence-electron chi connectivity index (χ4n) is 1.44. The van der Waals surface area contributed by atoms with Crippen molar-refractivity contribution in [1.82, 2.24) is 5.32 Å². The number of carbonyl (C=O) groups excluding carboxylic acids is 1. The van der Waals surface area contributed by atoms with Gasteiger partial charge in [-0.3, -0.25) is 10.1 Å². The Bertz CT molecular complexity index is 564. The van der Waals surface area contributed by atoms with Crippen molar-refractivity contribution in [2.75, 3.05) is 5.32 Å². The van der Waals surface area contributed by atoms with E-state index in [9.17, 15) is 4.79 Å². The average molecular weight is 276 g/mol. The molecule has 1 amide bonds. The molecular formula is C13H12N2OS2. The molecule has 1 heterocycles. The number of nitrogens with one attached hydrogen (secondary N) is 2. The van der Waals surface area contributed by atoms with Crippen molar-refractivity contribution in [2.45, 2.75) is 6.92 Å². The van der Waals surface area contributed by atoms with E-state index in [0.717, 1.165) is 11.3 Å². The number of anilines is 1. The minimum Gasteiger partial charge on any atom is -0.332 e. The van der Waals surface area contributed by atoms with Gasteiger partial charge in [0, 0.05) is 5.69 Å². The lowest BCUT2D eigenvalue weighted by Gasteiger charge is -2.10. The summed E-state index contributed by atoms with van der Waals surface area (Å²) in [6, 6.07) is 11.4. The van der Waals surface area contributed by atoms with E-state index in [2.05, 4.69) is 10.6 Å². The molecule has 0 spiro atoms. The second-order valence-electron chi connectivity index (χ2n) is 3.70. The van der Waals surface area contributed by atoms with Gasteiger partial charge < -0.3 is 5.32 Å². The maximum absolute atomic E-state index is 11.8. The van der Waals surface area contributed by atoms with Crippen molar-refractivity contribution in [1.29, 1.82) is 0 Å². The Morgan fingerprint density at radius 3 is 2.67 bits per heavy atom. The predicted octanol–water partition coefficient (Wildman–Crippen LogP) is 3.18. The van der Waals surface area contributed by atoms with Gasteiger partial charge in [0.2, 0.25) is 0 Å². The molecule has 2 rings (SSSR count). The minimum atomic E-state index is -0.184. The molecular weight excluding hydrogens is 264 g/mol. The lowest BCUT2D eigenvalue weighted by atomic mass is 10.2. The molecule has 0 atom stereocenters. The summed E-state index contributed by atoms with van der Waals surface area (Å²) in [7, 11) is 0. The van der Waals surface area contributed by atoms with E-state index < -0.39 is 0 Å². The summed E-state index contributed by atoms with van der Waals surface area (Å²) in [6.07, 6.45) is 0. The maximum atomic E-state index is 11.8. The Hall–Kier alpha value is -1.72. The summed E-state index contributed by atoms with van der Waals surface area (Å²) in [5, 5.41) is 7.82. The molecule has 0 aliphatic heterocycles. The highest BCUT2D eigenvalue weighted by Gasteiger charge is 2.08. The van der Waals surface area contributed by atoms with Gasteiger partial charge in [0.15, 0.2) is 5.11 Å². The van der Waals surface area contributed by atoms with Crippen LogP contribution in [0, 0.1) is 6.92 Å². The molecule has 0 bridgehead atoms. The van der Waals surface area contributed by atoms with Gasteiger partial charge in [-0.15, -0.1) is 11.3 Å². The number of thiocarbonyl (C=S) groups is 1. The van der Waals surface area contributed by atoms with E-state index in [1.165, 1.54) is 11.3 Å². The third-order valence-corrected chi connectivity index (χ3v) is 3.44. The normalized spacial score (nSPS) is 9.83. The summed E-state index contributed by atoms with van der Waals surface area (Å²) < 4.78 is 0. The first kappa shape index (κ1) is 12.7. The Balaban J connectivity index is 1.98. The van der Waals surface area contributed by atoms with Gasteiger partial charge in [-0.05, 0) is 42.2 Å². The number of benzene rings is 1. The number of hydrogen-bond donors (Lipinski definition) is 2. The summed E-state index contributed by atoms with van der Waals surface area (Å²) in [6.45, 7) is 1.98. The van der Waals surface area contributed by atoms with E-state index in [0.29, 0.717) is 9.99 Å². The molecule has 0 saturated carbocycles. The van der Waals surface area contributed by atoms with E-state index in [4.69, 9.17) is 12.2 Å². The summed E-state index contributed by atoms with van der Waals surface area (Å²) >= 11 is 6.49. The summed E-state index contributed by atoms with van der Waals surface area (Å²) in [5.74, 6) is -0.184. The first-order valence-electron chi connectivity index (χ1n) is 5.38. The Kier molecular flexibility index (Phi) is 4.07. The third kappa shape index (κ3) is 3.15. The van der Waals surface area contributed by atoms with Crippen molar-refractivity contribution in [3.05, 3.63) is 52.2 Å². The van der Waals surface area contributed by atoms with Crippen LogP contribution in [0.3, 0.4) is 0 Å². The van der Waals surface area contributed by atoms with E-state index >= 15 is 0 Å². The van der Waals surface area contributed by atoms with Gasteiger partial charge in [-0.2, -0.15) is 0 Å². The highest BCUT2D eigenvalue weighted by Crippen LogP contribution is 2.13. The number of aryl methyl sites for hydroxylation is 1. The smallest absolute Gasteiger partial charge is 0.267 e. The summed E-state index contributed by atoms with van der Waals surface area (Å²) in [5.41, 5.74) is 1.97. The predicted molar refractivity (Wildman–Crippen MR) is 79.2 cm³/mol. The number of thiophene rings is 1. The number of amides is 1. The fraction of sp³-hybridized carbons (Fsp3) is 0.0769. The van der Waals surface area contributed by atoms with Crippen molar-refractivity contribution < 1.29 is 4.79 Å². The van der Waals surface area contributed by atoms with Gasteiger partial charge in [0.05, 0.1) is 4.88 Å². The van der Waals surface area contributed by atoms with Gasteiger partial charge in [-0.25, -0.2) is 0 Å². The van der Waals surface area contributed by atoms with Gasteiger partial charge >= 0.3 is 0 Å². The van der Waals surface area contributed by atoms with Crippen LogP contribution in [-0.4, -0.2) is 11.0 Å². The standard InChI is InChI=1S/C13H12N2OS2/c1-9-5-2-3-6-10(9)14-13(17)15-12(16)11-7-4-8-18-11/h2-8H,1H3,(H2,14,15,16,17). The zero-order valence-corrected chi connectivity index (χ0v) is 11.4. The van der Waals surface area contributed by atoms with Gasteiger partial charge in [0.25, 0.3) is 5.91 Å². The zero-order chi connectivity index (χ0) is 13.0. The van der Waals surface area contributed by atoms with Crippen LogP contribution in [0.2, 0.25) is 0 Å². The molecule has 0 aliphatic carbocycles. The Morgan fingerprint density at radius 1 is 1.22 bits per heavy atom. The van der Waals surface area contributed by atoms with Crippen LogP contribution < -0.4 is 10.6 Å². The zero-order valence-electron chi connectivity index (χ0n) is 9.77. The lowest BCUT2D eigenvalue weighted by Crippen LogP contribution is -2.33. The topological polar surface area (TPSA) is 41.1 Å². The number of carbonyl (C=O) groups is 1. The average Bonchev–Trinajstić information content (AvgIpc) is 2.85. The van der Waals surface area contributed by atoms with Crippen LogP contribution in [0.5, 0.6) is 0 Å². The molecule has 0 fully saturated rings. The SMILES string of the molecule is Cc1ccccc1NC(=S)NC(=O)c1cccs1. The second kappa shape index (κ2) is 5.75. The second-order valence-corrected chi connectivity index (χ2v) is 5.06. The minimum absolute atomic E-state index is 0.184. The molecule has 3 nitrogen and oxygen atoms in total. The van der Waals surface area contributed by atoms with Crippen molar-refractivity contribution in [2.24, 2.45) is 0 Å². The molecule has 2 N–H and O–H groups in total. The van der Waals surface area contributed by atoms with Crippen LogP contribution >= 0.6 is 23.6 Å². The van der Waals surface area contributed by atoms with E-state index in [1.807, 2.05) is 42.6 Å². The lowest BCUT2D eigenvalue weighted by molar-refractivity contribution is 0.0981. The first-order chi connectivity index (χ1) is 8.66. The van der Waals surface area contributed by atoms with Crippen molar-refractivity contribution in [3.8, 4) is 0 Å². The number of rotatable bonds is 2. The molecule has 0 aliphatic rings. The number of hydrogen-bond acceptors (Lipinski definition) is 3. The highest BCUT2D eigenvalue weighted by atomic mass is 32.1. The molecule has 0 radical (unpaired) electrons. The van der Waals surface area contributed by atoms with Gasteiger partial charge in [0.1, 0.15) is 0 Å². The molecule has 2 aromatic rings. The molecule has 18 heavy (non-hydrogen) atoms. The molecule has 92 valence electrons. The van der Waals surface area contributed by atoms with Crippen LogP contribution in [0.25, 0.3) is 0 Å². The highest BCUT2D eigenvalue weighted by molar-refractivity contribution is 7.80. The van der Waals surface area contributed by atoms with E-state index in [1.54, 1.807) is 6.07 Å². The van der Waals surface area contributed by atoms with Crippen molar-refractivity contribution >= 4 is 40.3 Å². The van der Waals surface area contributed by atoms with Crippen molar-refractivity contribution in [3.63, 3.8) is 0 Å². The van der Waals surface area contributed by atoms with Crippen LogP contribution in [0.15, 0.2) is 41.8 Å². The van der Waals surface area contributed by atoms with Crippen LogP contribution in [0.1, 0.15) is 15.2 Å². The molecule has 0 unspecified atom stereocenters. The molecule has 1 aromatic heterocycles.